The molecule has 0 atom stereocenters. The second-order valence-corrected chi connectivity index (χ2v) is 6.52. The van der Waals surface area contributed by atoms with E-state index >= 15 is 0 Å². The Morgan fingerprint density at radius 1 is 1.20 bits per heavy atom. The first kappa shape index (κ1) is 15.2. The van der Waals surface area contributed by atoms with Crippen LogP contribution in [0.1, 0.15) is 44.6 Å². The lowest BCUT2D eigenvalue weighted by Crippen LogP contribution is -2.53. The normalized spacial score (nSPS) is 26.7. The number of aryl methyl sites for hydroxylation is 1. The van der Waals surface area contributed by atoms with E-state index in [-0.39, 0.29) is 5.54 Å². The van der Waals surface area contributed by atoms with Crippen molar-refractivity contribution in [3.8, 4) is 0 Å². The number of likely N-dealkylation sites (N-methyl/N-ethyl adjacent to an activating group) is 1. The van der Waals surface area contributed by atoms with Crippen molar-refractivity contribution in [3.05, 3.63) is 35.9 Å². The van der Waals surface area contributed by atoms with Crippen LogP contribution in [0.25, 0.3) is 0 Å². The van der Waals surface area contributed by atoms with Gasteiger partial charge in [-0.2, -0.15) is 0 Å². The third-order valence-electron chi connectivity index (χ3n) is 4.96. The van der Waals surface area contributed by atoms with E-state index in [0.29, 0.717) is 12.2 Å². The lowest BCUT2D eigenvalue weighted by molar-refractivity contribution is -0.132. The van der Waals surface area contributed by atoms with Crippen molar-refractivity contribution in [2.45, 2.75) is 51.0 Å². The molecule has 0 unspecified atom stereocenters. The summed E-state index contributed by atoms with van der Waals surface area (Å²) in [7, 11) is 4.13. The lowest BCUT2D eigenvalue weighted by atomic mass is 9.73. The third-order valence-corrected chi connectivity index (χ3v) is 4.96. The first-order chi connectivity index (χ1) is 9.54. The molecule has 1 aromatic carbocycles. The molecule has 1 aromatic rings. The molecule has 0 radical (unpaired) electrons. The van der Waals surface area contributed by atoms with Crippen LogP contribution in [0.15, 0.2) is 30.3 Å². The number of hydrogen-bond donors (Lipinski definition) is 0. The predicted octanol–water partition coefficient (Wildman–Crippen LogP) is 3.70. The average molecular weight is 273 g/mol. The maximum atomic E-state index is 12.8. The highest BCUT2D eigenvalue weighted by atomic mass is 16.1. The summed E-state index contributed by atoms with van der Waals surface area (Å²) in [6.45, 7) is 2.30. The smallest absolute Gasteiger partial charge is 0.153 e. The molecule has 0 N–H and O–H groups in total. The minimum absolute atomic E-state index is 0.207. The lowest BCUT2D eigenvalue weighted by Gasteiger charge is -2.43. The Hall–Kier alpha value is -1.15. The van der Waals surface area contributed by atoms with E-state index in [0.717, 1.165) is 25.2 Å². The summed E-state index contributed by atoms with van der Waals surface area (Å²) >= 11 is 0. The molecule has 20 heavy (non-hydrogen) atoms. The molecule has 0 amide bonds. The van der Waals surface area contributed by atoms with E-state index in [4.69, 9.17) is 0 Å². The molecule has 110 valence electrons. The molecule has 0 aromatic heterocycles. The highest BCUT2D eigenvalue weighted by molar-refractivity contribution is 5.88. The van der Waals surface area contributed by atoms with Crippen LogP contribution in [0, 0.1) is 5.92 Å². The molecule has 2 heteroatoms. The minimum atomic E-state index is -0.207. The van der Waals surface area contributed by atoms with Crippen LogP contribution in [0.3, 0.4) is 0 Å². The highest BCUT2D eigenvalue weighted by Crippen LogP contribution is 2.36. The fraction of sp³-hybridized carbons (Fsp3) is 0.611. The maximum absolute atomic E-state index is 12.8. The number of Topliss-reactive ketones (excluding diaryl/α,β-unsaturated/α-hetero) is 1. The van der Waals surface area contributed by atoms with E-state index in [1.54, 1.807) is 0 Å². The summed E-state index contributed by atoms with van der Waals surface area (Å²) in [6, 6.07) is 10.3. The fourth-order valence-corrected chi connectivity index (χ4v) is 3.35. The highest BCUT2D eigenvalue weighted by Gasteiger charge is 2.41. The van der Waals surface area contributed by atoms with Crippen molar-refractivity contribution in [2.75, 3.05) is 14.1 Å². The van der Waals surface area contributed by atoms with Crippen LogP contribution < -0.4 is 0 Å². The molecule has 0 aliphatic heterocycles. The first-order valence-electron chi connectivity index (χ1n) is 7.79. The molecule has 2 nitrogen and oxygen atoms in total. The van der Waals surface area contributed by atoms with Gasteiger partial charge < -0.3 is 0 Å². The van der Waals surface area contributed by atoms with Gasteiger partial charge in [0.15, 0.2) is 5.78 Å². The number of benzene rings is 1. The number of carbonyl (C=O) groups excluding carboxylic acids is 1. The molecule has 1 aliphatic carbocycles. The van der Waals surface area contributed by atoms with Gasteiger partial charge in [0.25, 0.3) is 0 Å². The number of ketones is 1. The van der Waals surface area contributed by atoms with Gasteiger partial charge in [0.1, 0.15) is 0 Å². The van der Waals surface area contributed by atoms with Gasteiger partial charge in [-0.15, -0.1) is 0 Å². The molecule has 2 rings (SSSR count). The van der Waals surface area contributed by atoms with Crippen LogP contribution in [0.2, 0.25) is 0 Å². The molecular weight excluding hydrogens is 246 g/mol. The molecule has 1 aliphatic rings. The first-order valence-corrected chi connectivity index (χ1v) is 7.79. The molecular formula is C18H27NO. The van der Waals surface area contributed by atoms with Gasteiger partial charge in [-0.1, -0.05) is 37.3 Å². The molecule has 0 bridgehead atoms. The Balaban J connectivity index is 2.01. The summed E-state index contributed by atoms with van der Waals surface area (Å²) in [4.78, 5) is 15.0. The molecule has 0 spiro atoms. The van der Waals surface area contributed by atoms with Crippen LogP contribution in [0.5, 0.6) is 0 Å². The number of rotatable bonds is 5. The molecule has 0 heterocycles. The fourth-order valence-electron chi connectivity index (χ4n) is 3.35. The monoisotopic (exact) mass is 273 g/mol. The maximum Gasteiger partial charge on any atom is 0.153 e. The van der Waals surface area contributed by atoms with Crippen LogP contribution in [-0.4, -0.2) is 30.3 Å². The van der Waals surface area contributed by atoms with Crippen molar-refractivity contribution in [3.63, 3.8) is 0 Å². The van der Waals surface area contributed by atoms with Gasteiger partial charge >= 0.3 is 0 Å². The van der Waals surface area contributed by atoms with Gasteiger partial charge in [-0.25, -0.2) is 0 Å². The summed E-state index contributed by atoms with van der Waals surface area (Å²) in [5.41, 5.74) is 1.06. The third kappa shape index (κ3) is 3.29. The summed E-state index contributed by atoms with van der Waals surface area (Å²) in [6.07, 6.45) is 5.93. The zero-order chi connectivity index (χ0) is 14.6. The Bertz CT molecular complexity index is 430. The zero-order valence-electron chi connectivity index (χ0n) is 13.1. The Kier molecular flexibility index (Phi) is 4.98. The van der Waals surface area contributed by atoms with Gasteiger partial charge in [0.05, 0.1) is 5.54 Å². The SMILES string of the molecule is CC1CCC(C(=O)CCc2ccccc2)(N(C)C)CC1. The Labute approximate surface area is 123 Å². The topological polar surface area (TPSA) is 20.3 Å². The quantitative estimate of drug-likeness (QED) is 0.815. The van der Waals surface area contributed by atoms with Crippen molar-refractivity contribution in [1.82, 2.24) is 4.90 Å². The Morgan fingerprint density at radius 3 is 2.35 bits per heavy atom. The van der Waals surface area contributed by atoms with Crippen molar-refractivity contribution in [1.29, 1.82) is 0 Å². The van der Waals surface area contributed by atoms with Crippen LogP contribution in [0.4, 0.5) is 0 Å². The van der Waals surface area contributed by atoms with E-state index in [1.807, 2.05) is 18.2 Å². The van der Waals surface area contributed by atoms with Gasteiger partial charge in [-0.3, -0.25) is 9.69 Å². The number of nitrogens with zero attached hydrogens (tertiary/aromatic N) is 1. The average Bonchev–Trinajstić information content (AvgIpc) is 2.46. The zero-order valence-corrected chi connectivity index (χ0v) is 13.1. The summed E-state index contributed by atoms with van der Waals surface area (Å²) < 4.78 is 0. The van der Waals surface area contributed by atoms with Gasteiger partial charge in [0, 0.05) is 6.42 Å². The molecule has 1 saturated carbocycles. The van der Waals surface area contributed by atoms with Crippen LogP contribution in [-0.2, 0) is 11.2 Å². The van der Waals surface area contributed by atoms with E-state index < -0.39 is 0 Å². The second-order valence-electron chi connectivity index (χ2n) is 6.52. The predicted molar refractivity (Wildman–Crippen MR) is 83.8 cm³/mol. The van der Waals surface area contributed by atoms with Crippen molar-refractivity contribution >= 4 is 5.78 Å². The number of carbonyl (C=O) groups is 1. The summed E-state index contributed by atoms with van der Waals surface area (Å²) in [5, 5.41) is 0. The van der Waals surface area contributed by atoms with Crippen LogP contribution >= 0.6 is 0 Å². The van der Waals surface area contributed by atoms with Crippen molar-refractivity contribution < 1.29 is 4.79 Å². The minimum Gasteiger partial charge on any atom is -0.298 e. The van der Waals surface area contributed by atoms with E-state index in [1.165, 1.54) is 18.4 Å². The van der Waals surface area contributed by atoms with Crippen molar-refractivity contribution in [2.24, 2.45) is 5.92 Å². The number of hydrogen-bond acceptors (Lipinski definition) is 2. The standard InChI is InChI=1S/C18H27NO/c1-15-11-13-18(14-12-15,19(2)3)17(20)10-9-16-7-5-4-6-8-16/h4-8,15H,9-14H2,1-3H3. The molecule has 0 saturated heterocycles. The van der Waals surface area contributed by atoms with Gasteiger partial charge in [0.2, 0.25) is 0 Å². The largest absolute Gasteiger partial charge is 0.298 e. The van der Waals surface area contributed by atoms with E-state index in [2.05, 4.69) is 38.1 Å². The van der Waals surface area contributed by atoms with E-state index in [9.17, 15) is 4.79 Å². The second kappa shape index (κ2) is 6.53. The molecule has 1 fully saturated rings. The van der Waals surface area contributed by atoms with Gasteiger partial charge in [-0.05, 0) is 57.7 Å². The summed E-state index contributed by atoms with van der Waals surface area (Å²) in [5.74, 6) is 1.20. The Morgan fingerprint density at radius 2 is 1.80 bits per heavy atom.